The van der Waals surface area contributed by atoms with E-state index in [0.717, 1.165) is 28.1 Å². The molecule has 2 unspecified atom stereocenters. The zero-order valence-electron chi connectivity index (χ0n) is 19.7. The number of amidine groups is 1. The van der Waals surface area contributed by atoms with Crippen molar-refractivity contribution in [1.82, 2.24) is 4.90 Å². The quantitative estimate of drug-likeness (QED) is 0.309. The van der Waals surface area contributed by atoms with Crippen molar-refractivity contribution in [2.75, 3.05) is 0 Å². The molecule has 1 aliphatic heterocycles. The summed E-state index contributed by atoms with van der Waals surface area (Å²) in [6.45, 7) is 2.73. The summed E-state index contributed by atoms with van der Waals surface area (Å²) >= 11 is 0. The lowest BCUT2D eigenvalue weighted by molar-refractivity contribution is -0.152. The smallest absolute Gasteiger partial charge is 0.336 e. The number of hydrogen-bond donors (Lipinski definition) is 0. The van der Waals surface area contributed by atoms with Crippen LogP contribution in [0, 0.1) is 0 Å². The zero-order valence-corrected chi connectivity index (χ0v) is 19.7. The molecule has 0 fully saturated rings. The van der Waals surface area contributed by atoms with Gasteiger partial charge >= 0.3 is 5.97 Å². The maximum atomic E-state index is 13.7. The average molecular weight is 461 g/mol. The van der Waals surface area contributed by atoms with Gasteiger partial charge in [0.25, 0.3) is 0 Å². The first kappa shape index (κ1) is 22.6. The molecule has 0 aromatic heterocycles. The highest BCUT2D eigenvalue weighted by molar-refractivity contribution is 6.04. The molecule has 0 aliphatic carbocycles. The van der Waals surface area contributed by atoms with Crippen LogP contribution in [0.5, 0.6) is 0 Å². The highest BCUT2D eigenvalue weighted by Crippen LogP contribution is 2.43. The number of rotatable bonds is 7. The van der Waals surface area contributed by atoms with Crippen LogP contribution in [0.2, 0.25) is 0 Å². The second kappa shape index (κ2) is 9.98. The third kappa shape index (κ3) is 4.73. The Morgan fingerprint density at radius 2 is 1.29 bits per heavy atom. The van der Waals surface area contributed by atoms with E-state index in [-0.39, 0.29) is 18.6 Å². The summed E-state index contributed by atoms with van der Waals surface area (Å²) in [6, 6.07) is 39.9. The Hall–Kier alpha value is -4.18. The second-order valence-corrected chi connectivity index (χ2v) is 8.94. The molecule has 2 atom stereocenters. The molecular weight excluding hydrogens is 432 g/mol. The lowest BCUT2D eigenvalue weighted by Crippen LogP contribution is -2.44. The molecule has 4 aromatic rings. The van der Waals surface area contributed by atoms with Gasteiger partial charge in [0.05, 0.1) is 6.04 Å². The summed E-state index contributed by atoms with van der Waals surface area (Å²) in [6.07, 6.45) is 0. The molecule has 35 heavy (non-hydrogen) atoms. The van der Waals surface area contributed by atoms with E-state index in [1.165, 1.54) is 0 Å². The molecule has 1 heterocycles. The fourth-order valence-electron chi connectivity index (χ4n) is 4.70. The minimum Gasteiger partial charge on any atom is -0.459 e. The maximum absolute atomic E-state index is 13.7. The standard InChI is InChI=1S/C31H28N2O2/c1-31(30(34)35-23-25-16-8-3-9-17-25)28(26-18-10-4-11-19-26)33(22-24-14-6-2-7-15-24)29(32-31)27-20-12-5-13-21-27/h2-21,28H,22-23H2,1H3. The molecule has 4 heteroatoms. The van der Waals surface area contributed by atoms with Crippen LogP contribution in [0.4, 0.5) is 0 Å². The Morgan fingerprint density at radius 3 is 1.89 bits per heavy atom. The summed E-state index contributed by atoms with van der Waals surface area (Å²) in [4.78, 5) is 21.1. The van der Waals surface area contributed by atoms with Crippen LogP contribution in [-0.2, 0) is 22.7 Å². The van der Waals surface area contributed by atoms with E-state index in [1.807, 2.05) is 104 Å². The van der Waals surface area contributed by atoms with E-state index in [1.54, 1.807) is 0 Å². The molecule has 0 bridgehead atoms. The Bertz CT molecular complexity index is 1290. The van der Waals surface area contributed by atoms with Crippen LogP contribution >= 0.6 is 0 Å². The minimum atomic E-state index is -1.11. The SMILES string of the molecule is CC1(C(=O)OCc2ccccc2)N=C(c2ccccc2)N(Cc2ccccc2)C1c1ccccc1. The average Bonchev–Trinajstić information content (AvgIpc) is 3.22. The van der Waals surface area contributed by atoms with Crippen LogP contribution in [0.15, 0.2) is 126 Å². The van der Waals surface area contributed by atoms with Gasteiger partial charge < -0.3 is 9.64 Å². The Kier molecular flexibility index (Phi) is 6.44. The number of nitrogens with zero attached hydrogens (tertiary/aromatic N) is 2. The molecule has 0 N–H and O–H groups in total. The van der Waals surface area contributed by atoms with Crippen molar-refractivity contribution in [3.05, 3.63) is 144 Å². The lowest BCUT2D eigenvalue weighted by atomic mass is 9.87. The predicted molar refractivity (Wildman–Crippen MR) is 139 cm³/mol. The van der Waals surface area contributed by atoms with Crippen LogP contribution in [0.1, 0.15) is 35.2 Å². The lowest BCUT2D eigenvalue weighted by Gasteiger charge is -2.35. The van der Waals surface area contributed by atoms with Crippen molar-refractivity contribution < 1.29 is 9.53 Å². The summed E-state index contributed by atoms with van der Waals surface area (Å²) in [7, 11) is 0. The van der Waals surface area contributed by atoms with E-state index in [2.05, 4.69) is 29.2 Å². The molecule has 174 valence electrons. The first-order chi connectivity index (χ1) is 17.1. The molecule has 4 aromatic carbocycles. The molecule has 4 nitrogen and oxygen atoms in total. The summed E-state index contributed by atoms with van der Waals surface area (Å²) < 4.78 is 5.88. The van der Waals surface area contributed by atoms with Gasteiger partial charge in [0.1, 0.15) is 12.4 Å². The number of carbonyl (C=O) groups is 1. The van der Waals surface area contributed by atoms with Gasteiger partial charge in [-0.1, -0.05) is 121 Å². The molecule has 0 radical (unpaired) electrons. The molecular formula is C31H28N2O2. The molecule has 0 saturated heterocycles. The van der Waals surface area contributed by atoms with Gasteiger partial charge in [0, 0.05) is 12.1 Å². The zero-order chi connectivity index (χ0) is 24.1. The van der Waals surface area contributed by atoms with E-state index in [0.29, 0.717) is 6.54 Å². The molecule has 0 amide bonds. The predicted octanol–water partition coefficient (Wildman–Crippen LogP) is 6.19. The topological polar surface area (TPSA) is 41.9 Å². The Balaban J connectivity index is 1.57. The van der Waals surface area contributed by atoms with Crippen LogP contribution in [-0.4, -0.2) is 22.2 Å². The monoisotopic (exact) mass is 460 g/mol. The number of ether oxygens (including phenoxy) is 1. The van der Waals surface area contributed by atoms with E-state index in [4.69, 9.17) is 9.73 Å². The maximum Gasteiger partial charge on any atom is 0.336 e. The van der Waals surface area contributed by atoms with Gasteiger partial charge in [0.2, 0.25) is 0 Å². The first-order valence-corrected chi connectivity index (χ1v) is 11.9. The Labute approximate surface area is 206 Å². The molecule has 0 saturated carbocycles. The number of benzene rings is 4. The third-order valence-electron chi connectivity index (χ3n) is 6.42. The Morgan fingerprint density at radius 1 is 0.771 bits per heavy atom. The highest BCUT2D eigenvalue weighted by atomic mass is 16.5. The van der Waals surface area contributed by atoms with E-state index >= 15 is 0 Å². The van der Waals surface area contributed by atoms with Crippen molar-refractivity contribution >= 4 is 11.8 Å². The fraction of sp³-hybridized carbons (Fsp3) is 0.161. The summed E-state index contributed by atoms with van der Waals surface area (Å²) in [5, 5.41) is 0. The normalized spacial score (nSPS) is 19.3. The number of carbonyl (C=O) groups excluding carboxylic acids is 1. The van der Waals surface area contributed by atoms with Gasteiger partial charge in [-0.25, -0.2) is 9.79 Å². The van der Waals surface area contributed by atoms with Crippen molar-refractivity contribution in [2.45, 2.75) is 31.7 Å². The third-order valence-corrected chi connectivity index (χ3v) is 6.42. The largest absolute Gasteiger partial charge is 0.459 e. The van der Waals surface area contributed by atoms with E-state index in [9.17, 15) is 4.79 Å². The van der Waals surface area contributed by atoms with Crippen LogP contribution < -0.4 is 0 Å². The highest BCUT2D eigenvalue weighted by Gasteiger charge is 2.52. The van der Waals surface area contributed by atoms with Gasteiger partial charge in [-0.2, -0.15) is 0 Å². The van der Waals surface area contributed by atoms with Gasteiger partial charge in [-0.3, -0.25) is 0 Å². The first-order valence-electron chi connectivity index (χ1n) is 11.9. The van der Waals surface area contributed by atoms with Crippen LogP contribution in [0.25, 0.3) is 0 Å². The number of aliphatic imine (C=N–C) groups is 1. The van der Waals surface area contributed by atoms with Crippen LogP contribution in [0.3, 0.4) is 0 Å². The summed E-state index contributed by atoms with van der Waals surface area (Å²) in [5.41, 5.74) is 2.99. The van der Waals surface area contributed by atoms with Crippen molar-refractivity contribution in [3.8, 4) is 0 Å². The number of esters is 1. The molecule has 5 rings (SSSR count). The van der Waals surface area contributed by atoms with E-state index < -0.39 is 5.54 Å². The molecule has 1 aliphatic rings. The van der Waals surface area contributed by atoms with Crippen molar-refractivity contribution in [1.29, 1.82) is 0 Å². The van der Waals surface area contributed by atoms with Gasteiger partial charge in [-0.15, -0.1) is 0 Å². The van der Waals surface area contributed by atoms with Crippen molar-refractivity contribution in [2.24, 2.45) is 4.99 Å². The number of hydrogen-bond acceptors (Lipinski definition) is 4. The minimum absolute atomic E-state index is 0.214. The fourth-order valence-corrected chi connectivity index (χ4v) is 4.70. The van der Waals surface area contributed by atoms with Gasteiger partial charge in [0.15, 0.2) is 5.54 Å². The molecule has 0 spiro atoms. The second-order valence-electron chi connectivity index (χ2n) is 8.94. The summed E-state index contributed by atoms with van der Waals surface area (Å²) in [5.74, 6) is 0.460. The van der Waals surface area contributed by atoms with Gasteiger partial charge in [-0.05, 0) is 23.6 Å². The van der Waals surface area contributed by atoms with Crippen molar-refractivity contribution in [3.63, 3.8) is 0 Å².